The molecule has 5 rings (SSSR count). The lowest BCUT2D eigenvalue weighted by molar-refractivity contribution is 0.0741. The number of nitrogens with zero attached hydrogens (tertiary/aromatic N) is 4. The van der Waals surface area contributed by atoms with E-state index in [1.807, 2.05) is 42.5 Å². The average Bonchev–Trinajstić information content (AvgIpc) is 3.38. The van der Waals surface area contributed by atoms with E-state index in [0.717, 1.165) is 29.7 Å². The van der Waals surface area contributed by atoms with Gasteiger partial charge in [0, 0.05) is 49.9 Å². The molecule has 1 atom stereocenters. The van der Waals surface area contributed by atoms with Crippen molar-refractivity contribution < 1.29 is 8.42 Å². The van der Waals surface area contributed by atoms with Gasteiger partial charge in [0.2, 0.25) is 5.96 Å². The zero-order valence-electron chi connectivity index (χ0n) is 23.9. The zero-order chi connectivity index (χ0) is 30.3. The van der Waals surface area contributed by atoms with Crippen molar-refractivity contribution in [3.05, 3.63) is 100 Å². The van der Waals surface area contributed by atoms with Gasteiger partial charge in [-0.25, -0.2) is 26.3 Å². The Morgan fingerprint density at radius 3 is 2.02 bits per heavy atom. The molecule has 0 amide bonds. The lowest BCUT2D eigenvalue weighted by atomic mass is 9.80. The number of hydrazone groups is 1. The van der Waals surface area contributed by atoms with Gasteiger partial charge >= 0.3 is 0 Å². The van der Waals surface area contributed by atoms with Crippen LogP contribution in [-0.4, -0.2) is 51.9 Å². The first-order valence-corrected chi connectivity index (χ1v) is 16.9. The van der Waals surface area contributed by atoms with Crippen LogP contribution in [0.2, 0.25) is 10.0 Å². The van der Waals surface area contributed by atoms with Gasteiger partial charge in [0.1, 0.15) is 0 Å². The molecule has 7 nitrogen and oxygen atoms in total. The first kappa shape index (κ1) is 31.3. The lowest BCUT2D eigenvalue weighted by Gasteiger charge is -2.51. The van der Waals surface area contributed by atoms with Gasteiger partial charge in [-0.05, 0) is 88.1 Å². The lowest BCUT2D eigenvalue weighted by Crippen LogP contribution is -2.57. The molecular formula is C31H34Cl2IN5O2S. The summed E-state index contributed by atoms with van der Waals surface area (Å²) in [6.45, 7) is 9.19. The van der Waals surface area contributed by atoms with Crippen LogP contribution in [0.5, 0.6) is 0 Å². The molecule has 42 heavy (non-hydrogen) atoms. The third kappa shape index (κ3) is 6.80. The van der Waals surface area contributed by atoms with Crippen molar-refractivity contribution in [2.24, 2.45) is 10.1 Å². The van der Waals surface area contributed by atoms with Crippen molar-refractivity contribution in [1.82, 2.24) is 12.8 Å². The highest BCUT2D eigenvalue weighted by atomic mass is 127. The number of aliphatic imine (C=N–C) groups is 1. The van der Waals surface area contributed by atoms with Crippen molar-refractivity contribution in [2.75, 3.05) is 6.54 Å². The Balaban J connectivity index is 1.59. The Morgan fingerprint density at radius 2 is 1.45 bits per heavy atom. The van der Waals surface area contributed by atoms with E-state index in [0.29, 0.717) is 16.6 Å². The SMILES string of the molecule is CC1(C)CC(N=C(NS(=O)(=O)c2ccc(Cl)cc2)N2CC(c3ccccc3)C(c3ccc(Cl)cc3)=N2)CC(C)(C)N1I. The van der Waals surface area contributed by atoms with E-state index in [1.165, 1.54) is 12.1 Å². The van der Waals surface area contributed by atoms with Crippen LogP contribution in [0.15, 0.2) is 93.9 Å². The van der Waals surface area contributed by atoms with Gasteiger partial charge < -0.3 is 0 Å². The van der Waals surface area contributed by atoms with Crippen LogP contribution in [0.3, 0.4) is 0 Å². The predicted octanol–water partition coefficient (Wildman–Crippen LogP) is 7.50. The topological polar surface area (TPSA) is 77.4 Å². The summed E-state index contributed by atoms with van der Waals surface area (Å²) in [5, 5.41) is 7.80. The molecular weight excluding hydrogens is 704 g/mol. The molecule has 3 aromatic carbocycles. The summed E-state index contributed by atoms with van der Waals surface area (Å²) >= 11 is 14.6. The third-order valence-electron chi connectivity index (χ3n) is 7.69. The molecule has 1 unspecified atom stereocenters. The van der Waals surface area contributed by atoms with E-state index in [-0.39, 0.29) is 33.9 Å². The standard InChI is InChI=1S/C31H34Cl2IN5O2S/c1-30(2)18-25(19-31(3,4)39(30)34)35-29(37-42(40,41)26-16-14-24(33)15-17-26)38-20-27(21-8-6-5-7-9-21)28(36-38)22-10-12-23(32)13-11-22/h5-17,25,27H,18-20H2,1-4H3,(H,35,37). The van der Waals surface area contributed by atoms with Crippen LogP contribution >= 0.6 is 46.1 Å². The third-order valence-corrected chi connectivity index (χ3v) is 12.1. The fraction of sp³-hybridized carbons (Fsp3) is 0.355. The minimum absolute atomic E-state index is 0.100. The molecule has 2 heterocycles. The zero-order valence-corrected chi connectivity index (χ0v) is 28.4. The largest absolute Gasteiger partial charge is 0.264 e. The number of hydrogen-bond acceptors (Lipinski definition) is 5. The Hall–Kier alpha value is -2.18. The second-order valence-corrected chi connectivity index (χ2v) is 15.5. The van der Waals surface area contributed by atoms with Crippen LogP contribution < -0.4 is 4.72 Å². The van der Waals surface area contributed by atoms with E-state index in [2.05, 4.69) is 70.5 Å². The molecule has 0 saturated carbocycles. The first-order valence-electron chi connectivity index (χ1n) is 13.7. The minimum atomic E-state index is -3.98. The van der Waals surface area contributed by atoms with Crippen LogP contribution in [0.4, 0.5) is 0 Å². The Bertz CT molecular complexity index is 1580. The molecule has 0 bridgehead atoms. The Labute approximate surface area is 272 Å². The van der Waals surface area contributed by atoms with Gasteiger partial charge in [-0.15, -0.1) is 0 Å². The summed E-state index contributed by atoms with van der Waals surface area (Å²) in [4.78, 5) is 5.21. The second kappa shape index (κ2) is 12.1. The van der Waals surface area contributed by atoms with Crippen molar-refractivity contribution >= 4 is 67.8 Å². The highest BCUT2D eigenvalue weighted by molar-refractivity contribution is 14.1. The number of nitrogens with one attached hydrogen (secondary N) is 1. The number of piperidine rings is 1. The summed E-state index contributed by atoms with van der Waals surface area (Å²) in [5.41, 5.74) is 2.52. The number of benzene rings is 3. The number of hydrogen-bond donors (Lipinski definition) is 1. The van der Waals surface area contributed by atoms with Crippen molar-refractivity contribution in [3.63, 3.8) is 0 Å². The minimum Gasteiger partial charge on any atom is -0.248 e. The van der Waals surface area contributed by atoms with Crippen LogP contribution in [-0.2, 0) is 10.0 Å². The number of sulfonamides is 1. The van der Waals surface area contributed by atoms with Crippen molar-refractivity contribution in [2.45, 2.75) is 68.5 Å². The molecule has 3 aromatic rings. The Kier molecular flexibility index (Phi) is 8.98. The molecule has 0 spiro atoms. The van der Waals surface area contributed by atoms with Crippen LogP contribution in [0.1, 0.15) is 57.6 Å². The summed E-state index contributed by atoms with van der Waals surface area (Å²) in [6.07, 6.45) is 1.52. The molecule has 1 saturated heterocycles. The smallest absolute Gasteiger partial charge is 0.248 e. The highest BCUT2D eigenvalue weighted by Crippen LogP contribution is 2.42. The summed E-state index contributed by atoms with van der Waals surface area (Å²) in [5.74, 6) is 0.0926. The van der Waals surface area contributed by atoms with E-state index in [1.54, 1.807) is 17.1 Å². The molecule has 0 radical (unpaired) electrons. The normalized spacial score (nSPS) is 21.3. The van der Waals surface area contributed by atoms with E-state index >= 15 is 0 Å². The molecule has 11 heteroatoms. The average molecular weight is 739 g/mol. The van der Waals surface area contributed by atoms with Gasteiger partial charge in [0.15, 0.2) is 0 Å². The van der Waals surface area contributed by atoms with Gasteiger partial charge in [-0.2, -0.15) is 5.10 Å². The van der Waals surface area contributed by atoms with Gasteiger partial charge in [0.05, 0.1) is 23.2 Å². The number of rotatable bonds is 5. The van der Waals surface area contributed by atoms with Crippen molar-refractivity contribution in [1.29, 1.82) is 0 Å². The van der Waals surface area contributed by atoms with Crippen LogP contribution in [0.25, 0.3) is 0 Å². The van der Waals surface area contributed by atoms with E-state index in [4.69, 9.17) is 33.3 Å². The monoisotopic (exact) mass is 737 g/mol. The molecule has 1 N–H and O–H groups in total. The van der Waals surface area contributed by atoms with Gasteiger partial charge in [0.25, 0.3) is 10.0 Å². The van der Waals surface area contributed by atoms with Crippen molar-refractivity contribution in [3.8, 4) is 0 Å². The maximum absolute atomic E-state index is 13.7. The van der Waals surface area contributed by atoms with Gasteiger partial charge in [-0.1, -0.05) is 65.7 Å². The molecule has 2 aliphatic heterocycles. The number of halogens is 3. The summed E-state index contributed by atoms with van der Waals surface area (Å²) < 4.78 is 32.5. The molecule has 0 aliphatic carbocycles. The van der Waals surface area contributed by atoms with Crippen LogP contribution in [0, 0.1) is 0 Å². The molecule has 222 valence electrons. The predicted molar refractivity (Wildman–Crippen MR) is 180 cm³/mol. The molecule has 0 aromatic heterocycles. The quantitative estimate of drug-likeness (QED) is 0.127. The summed E-state index contributed by atoms with van der Waals surface area (Å²) in [6, 6.07) is 23.6. The van der Waals surface area contributed by atoms with E-state index in [9.17, 15) is 8.42 Å². The fourth-order valence-electron chi connectivity index (χ4n) is 5.87. The fourth-order valence-corrected chi connectivity index (χ4v) is 7.53. The number of guanidine groups is 1. The van der Waals surface area contributed by atoms with Gasteiger partial charge in [-0.3, -0.25) is 0 Å². The second-order valence-electron chi connectivity index (χ2n) is 12.0. The Morgan fingerprint density at radius 1 is 0.905 bits per heavy atom. The molecule has 1 fully saturated rings. The van der Waals surface area contributed by atoms with E-state index < -0.39 is 10.0 Å². The molecule has 2 aliphatic rings. The highest BCUT2D eigenvalue weighted by Gasteiger charge is 2.45. The maximum atomic E-state index is 13.7. The first-order chi connectivity index (χ1) is 19.7. The maximum Gasteiger partial charge on any atom is 0.264 e. The summed E-state index contributed by atoms with van der Waals surface area (Å²) in [7, 11) is -3.98.